The Balaban J connectivity index is 1.59. The minimum absolute atomic E-state index is 0.568. The van der Waals surface area contributed by atoms with E-state index in [2.05, 4.69) is 20.4 Å². The number of rotatable bonds is 5. The molecule has 2 heterocycles. The number of hydrogen-bond acceptors (Lipinski definition) is 5. The minimum Gasteiger partial charge on any atom is -0.338 e. The Labute approximate surface area is 124 Å². The van der Waals surface area contributed by atoms with Crippen molar-refractivity contribution in [3.8, 4) is 0 Å². The van der Waals surface area contributed by atoms with E-state index in [1.54, 1.807) is 0 Å². The molecule has 1 aliphatic carbocycles. The number of nitrogens with zero attached hydrogens (tertiary/aromatic N) is 4. The Morgan fingerprint density at radius 3 is 2.67 bits per heavy atom. The van der Waals surface area contributed by atoms with Crippen molar-refractivity contribution >= 4 is 17.0 Å². The van der Waals surface area contributed by atoms with E-state index in [9.17, 15) is 0 Å². The van der Waals surface area contributed by atoms with Gasteiger partial charge in [0.05, 0.1) is 5.52 Å². The van der Waals surface area contributed by atoms with Crippen molar-refractivity contribution in [2.75, 3.05) is 24.5 Å². The molecule has 1 atom stereocenters. The van der Waals surface area contributed by atoms with E-state index in [1.165, 1.54) is 25.7 Å². The molecule has 1 saturated heterocycles. The fraction of sp³-hybridized carbons (Fsp3) is 0.562. The number of aromatic nitrogens is 3. The number of nitrogens with one attached hydrogen (secondary N) is 1. The standard InChI is InChI=1S/C16H21N5/c1-2-6-15-14(5-1)18-16(20-19-15)21(10-12-7-8-12)11-13-4-3-9-17-13/h1-2,5-6,12-13,17H,3-4,7-11H2. The van der Waals surface area contributed by atoms with E-state index in [-0.39, 0.29) is 0 Å². The fourth-order valence-corrected chi connectivity index (χ4v) is 3.03. The van der Waals surface area contributed by atoms with Crippen molar-refractivity contribution < 1.29 is 0 Å². The molecule has 4 rings (SSSR count). The smallest absolute Gasteiger partial charge is 0.245 e. The lowest BCUT2D eigenvalue weighted by Crippen LogP contribution is -2.39. The van der Waals surface area contributed by atoms with Crippen LogP contribution in [0.3, 0.4) is 0 Å². The highest BCUT2D eigenvalue weighted by Gasteiger charge is 2.28. The maximum Gasteiger partial charge on any atom is 0.245 e. The maximum absolute atomic E-state index is 4.72. The van der Waals surface area contributed by atoms with Gasteiger partial charge >= 0.3 is 0 Å². The lowest BCUT2D eigenvalue weighted by Gasteiger charge is -2.25. The highest BCUT2D eigenvalue weighted by molar-refractivity contribution is 5.74. The van der Waals surface area contributed by atoms with Crippen LogP contribution in [-0.2, 0) is 0 Å². The number of benzene rings is 1. The van der Waals surface area contributed by atoms with Crippen LogP contribution in [0.25, 0.3) is 11.0 Å². The third-order valence-electron chi connectivity index (χ3n) is 4.41. The Kier molecular flexibility index (Phi) is 3.43. The topological polar surface area (TPSA) is 53.9 Å². The summed E-state index contributed by atoms with van der Waals surface area (Å²) in [6.07, 6.45) is 5.21. The third-order valence-corrected chi connectivity index (χ3v) is 4.41. The summed E-state index contributed by atoms with van der Waals surface area (Å²) < 4.78 is 0. The molecule has 5 nitrogen and oxygen atoms in total. The Morgan fingerprint density at radius 2 is 1.90 bits per heavy atom. The van der Waals surface area contributed by atoms with Gasteiger partial charge in [0.1, 0.15) is 5.52 Å². The first kappa shape index (κ1) is 13.0. The second-order valence-electron chi connectivity index (χ2n) is 6.24. The molecule has 21 heavy (non-hydrogen) atoms. The molecular weight excluding hydrogens is 262 g/mol. The lowest BCUT2D eigenvalue weighted by molar-refractivity contribution is 0.562. The number of para-hydroxylation sites is 1. The van der Waals surface area contributed by atoms with Crippen LogP contribution in [0, 0.1) is 5.92 Å². The Bertz CT molecular complexity index is 619. The molecule has 1 aliphatic heterocycles. The molecule has 1 saturated carbocycles. The first-order valence-electron chi connectivity index (χ1n) is 7.96. The van der Waals surface area contributed by atoms with Gasteiger partial charge in [-0.2, -0.15) is 0 Å². The second-order valence-corrected chi connectivity index (χ2v) is 6.24. The van der Waals surface area contributed by atoms with E-state index in [1.807, 2.05) is 24.3 Å². The second kappa shape index (κ2) is 5.56. The number of hydrogen-bond donors (Lipinski definition) is 1. The molecule has 2 aliphatic rings. The summed E-state index contributed by atoms with van der Waals surface area (Å²) >= 11 is 0. The van der Waals surface area contributed by atoms with Crippen molar-refractivity contribution in [3.05, 3.63) is 24.3 Å². The Morgan fingerprint density at radius 1 is 1.05 bits per heavy atom. The Hall–Kier alpha value is -1.75. The summed E-state index contributed by atoms with van der Waals surface area (Å²) in [5.74, 6) is 1.61. The van der Waals surface area contributed by atoms with Gasteiger partial charge in [-0.25, -0.2) is 4.98 Å². The van der Waals surface area contributed by atoms with E-state index in [0.29, 0.717) is 6.04 Å². The van der Waals surface area contributed by atoms with E-state index >= 15 is 0 Å². The summed E-state index contributed by atoms with van der Waals surface area (Å²) in [7, 11) is 0. The molecule has 1 aromatic carbocycles. The van der Waals surface area contributed by atoms with Crippen LogP contribution in [0.1, 0.15) is 25.7 Å². The molecule has 0 bridgehead atoms. The first-order chi connectivity index (χ1) is 10.4. The van der Waals surface area contributed by atoms with Crippen LogP contribution >= 0.6 is 0 Å². The SMILES string of the molecule is c1ccc2nc(N(CC3CC3)CC3CCCN3)nnc2c1. The first-order valence-corrected chi connectivity index (χ1v) is 7.96. The fourth-order valence-electron chi connectivity index (χ4n) is 3.03. The number of anilines is 1. The molecular formula is C16H21N5. The van der Waals surface area contributed by atoms with E-state index in [4.69, 9.17) is 4.98 Å². The van der Waals surface area contributed by atoms with E-state index in [0.717, 1.165) is 42.5 Å². The van der Waals surface area contributed by atoms with Gasteiger partial charge in [-0.05, 0) is 50.3 Å². The van der Waals surface area contributed by atoms with Gasteiger partial charge < -0.3 is 10.2 Å². The summed E-state index contributed by atoms with van der Waals surface area (Å²) in [5.41, 5.74) is 1.80. The summed E-state index contributed by atoms with van der Waals surface area (Å²) in [5, 5.41) is 12.3. The van der Waals surface area contributed by atoms with Crippen LogP contribution in [0.2, 0.25) is 0 Å². The average Bonchev–Trinajstić information content (AvgIpc) is 3.19. The van der Waals surface area contributed by atoms with Crippen molar-refractivity contribution in [1.82, 2.24) is 20.5 Å². The summed E-state index contributed by atoms with van der Waals surface area (Å²) in [6, 6.07) is 8.52. The molecule has 1 aromatic heterocycles. The van der Waals surface area contributed by atoms with Gasteiger partial charge in [-0.1, -0.05) is 12.1 Å². The third kappa shape index (κ3) is 2.97. The molecule has 2 fully saturated rings. The molecule has 0 spiro atoms. The van der Waals surface area contributed by atoms with Crippen molar-refractivity contribution in [2.24, 2.45) is 5.92 Å². The summed E-state index contributed by atoms with van der Waals surface area (Å²) in [4.78, 5) is 7.06. The molecule has 5 heteroatoms. The van der Waals surface area contributed by atoms with E-state index < -0.39 is 0 Å². The largest absolute Gasteiger partial charge is 0.338 e. The maximum atomic E-state index is 4.72. The van der Waals surface area contributed by atoms with Gasteiger partial charge in [-0.15, -0.1) is 10.2 Å². The van der Waals surface area contributed by atoms with Crippen LogP contribution in [0.4, 0.5) is 5.95 Å². The quantitative estimate of drug-likeness (QED) is 0.909. The minimum atomic E-state index is 0.568. The van der Waals surface area contributed by atoms with Crippen LogP contribution in [0.15, 0.2) is 24.3 Å². The van der Waals surface area contributed by atoms with Crippen molar-refractivity contribution in [2.45, 2.75) is 31.7 Å². The molecule has 2 aromatic rings. The molecule has 0 amide bonds. The zero-order valence-electron chi connectivity index (χ0n) is 12.2. The average molecular weight is 283 g/mol. The van der Waals surface area contributed by atoms with Crippen molar-refractivity contribution in [1.29, 1.82) is 0 Å². The van der Waals surface area contributed by atoms with Gasteiger partial charge in [0, 0.05) is 19.1 Å². The summed E-state index contributed by atoms with van der Waals surface area (Å²) in [6.45, 7) is 3.20. The molecule has 110 valence electrons. The van der Waals surface area contributed by atoms with Crippen molar-refractivity contribution in [3.63, 3.8) is 0 Å². The molecule has 1 N–H and O–H groups in total. The zero-order valence-corrected chi connectivity index (χ0v) is 12.2. The molecule has 1 unspecified atom stereocenters. The van der Waals surface area contributed by atoms with Gasteiger partial charge in [0.15, 0.2) is 0 Å². The monoisotopic (exact) mass is 283 g/mol. The predicted molar refractivity (Wildman–Crippen MR) is 83.3 cm³/mol. The lowest BCUT2D eigenvalue weighted by atomic mass is 10.2. The van der Waals surface area contributed by atoms with Crippen LogP contribution < -0.4 is 10.2 Å². The van der Waals surface area contributed by atoms with Crippen LogP contribution in [-0.4, -0.2) is 40.9 Å². The normalized spacial score (nSPS) is 21.8. The number of fused-ring (bicyclic) bond motifs is 1. The van der Waals surface area contributed by atoms with Gasteiger partial charge in [0.2, 0.25) is 5.95 Å². The zero-order chi connectivity index (χ0) is 14.1. The van der Waals surface area contributed by atoms with Gasteiger partial charge in [0.25, 0.3) is 0 Å². The molecule has 0 radical (unpaired) electrons. The van der Waals surface area contributed by atoms with Gasteiger partial charge in [-0.3, -0.25) is 0 Å². The highest BCUT2D eigenvalue weighted by atomic mass is 15.3. The predicted octanol–water partition coefficient (Wildman–Crippen LogP) is 1.99. The van der Waals surface area contributed by atoms with Crippen LogP contribution in [0.5, 0.6) is 0 Å². The highest BCUT2D eigenvalue weighted by Crippen LogP contribution is 2.31.